The van der Waals surface area contributed by atoms with Crippen molar-refractivity contribution in [2.24, 2.45) is 11.3 Å². The predicted octanol–water partition coefficient (Wildman–Crippen LogP) is 2.08. The molecule has 0 amide bonds. The number of carboxylic acids is 1. The molecule has 4 heteroatoms. The number of hydrogen-bond acceptors (Lipinski definition) is 2. The summed E-state index contributed by atoms with van der Waals surface area (Å²) >= 11 is 0. The highest BCUT2D eigenvalue weighted by Gasteiger charge is 2.29. The summed E-state index contributed by atoms with van der Waals surface area (Å²) in [4.78, 5) is 21.2. The number of aliphatic carboxylic acids is 1. The molecule has 3 nitrogen and oxygen atoms in total. The van der Waals surface area contributed by atoms with E-state index >= 15 is 0 Å². The van der Waals surface area contributed by atoms with Crippen LogP contribution in [0.5, 0.6) is 0 Å². The van der Waals surface area contributed by atoms with Crippen LogP contribution in [0.1, 0.15) is 40.5 Å². The largest absolute Gasteiger partial charge is 0.481 e. The molecule has 0 bridgehead atoms. The van der Waals surface area contributed by atoms with Gasteiger partial charge in [0.2, 0.25) is 0 Å². The van der Waals surface area contributed by atoms with Crippen molar-refractivity contribution in [3.05, 3.63) is 12.2 Å². The number of aldehydes is 1. The van der Waals surface area contributed by atoms with E-state index in [-0.39, 0.29) is 17.2 Å². The minimum atomic E-state index is -0.925. The van der Waals surface area contributed by atoms with E-state index in [1.807, 2.05) is 6.08 Å². The minimum Gasteiger partial charge on any atom is -0.481 e. The molecule has 0 aromatic heterocycles. The van der Waals surface area contributed by atoms with Gasteiger partial charge in [0, 0.05) is 5.92 Å². The standard InChI is InChI=1S/C13H23BO3/c1-12(2,3)13(4,14)7-5-6-10(9-15)8-11(16)17/h5,7,9-10H,6,8,14H2,1-4H3,(H,16,17)/b7-5+. The number of carboxylic acid groups (broad SMARTS) is 1. The number of allylic oxidation sites excluding steroid dienone is 2. The summed E-state index contributed by atoms with van der Waals surface area (Å²) in [6, 6.07) is 0. The molecule has 0 rings (SSSR count). The van der Waals surface area contributed by atoms with Crippen LogP contribution in [0.15, 0.2) is 12.2 Å². The van der Waals surface area contributed by atoms with Crippen molar-refractivity contribution in [2.75, 3.05) is 0 Å². The van der Waals surface area contributed by atoms with Gasteiger partial charge in [-0.15, -0.1) is 0 Å². The molecular formula is C13H23BO3. The van der Waals surface area contributed by atoms with Crippen LogP contribution in [0, 0.1) is 11.3 Å². The Labute approximate surface area is 105 Å². The predicted molar refractivity (Wildman–Crippen MR) is 71.9 cm³/mol. The fourth-order valence-corrected chi connectivity index (χ4v) is 1.20. The van der Waals surface area contributed by atoms with E-state index in [2.05, 4.69) is 41.6 Å². The molecule has 0 spiro atoms. The van der Waals surface area contributed by atoms with E-state index in [4.69, 9.17) is 5.11 Å². The van der Waals surface area contributed by atoms with Gasteiger partial charge in [-0.2, -0.15) is 0 Å². The first-order chi connectivity index (χ1) is 7.60. The van der Waals surface area contributed by atoms with Gasteiger partial charge in [0.05, 0.1) is 6.42 Å². The Balaban J connectivity index is 4.44. The third kappa shape index (κ3) is 5.71. The second kappa shape index (κ2) is 6.03. The van der Waals surface area contributed by atoms with Gasteiger partial charge in [0.25, 0.3) is 0 Å². The van der Waals surface area contributed by atoms with Crippen LogP contribution in [0.3, 0.4) is 0 Å². The molecule has 0 saturated carbocycles. The number of carbonyl (C=O) groups is 2. The molecule has 0 aliphatic heterocycles. The van der Waals surface area contributed by atoms with Crippen LogP contribution in [0.25, 0.3) is 0 Å². The van der Waals surface area contributed by atoms with Gasteiger partial charge >= 0.3 is 5.97 Å². The molecule has 2 atom stereocenters. The summed E-state index contributed by atoms with van der Waals surface area (Å²) in [6.45, 7) is 8.61. The van der Waals surface area contributed by atoms with Gasteiger partial charge in [-0.05, 0) is 17.2 Å². The maximum Gasteiger partial charge on any atom is 0.304 e. The van der Waals surface area contributed by atoms with E-state index < -0.39 is 11.9 Å². The summed E-state index contributed by atoms with van der Waals surface area (Å²) < 4.78 is 0. The first-order valence-corrected chi connectivity index (χ1v) is 5.95. The third-order valence-corrected chi connectivity index (χ3v) is 3.54. The summed E-state index contributed by atoms with van der Waals surface area (Å²) in [5, 5.41) is 8.64. The van der Waals surface area contributed by atoms with Crippen LogP contribution in [0.2, 0.25) is 5.31 Å². The zero-order valence-electron chi connectivity index (χ0n) is 11.5. The van der Waals surface area contributed by atoms with E-state index in [1.165, 1.54) is 0 Å². The molecule has 0 aliphatic carbocycles. The van der Waals surface area contributed by atoms with Crippen molar-refractivity contribution >= 4 is 20.1 Å². The average Bonchev–Trinajstić information content (AvgIpc) is 2.13. The number of hydrogen-bond donors (Lipinski definition) is 1. The van der Waals surface area contributed by atoms with E-state index in [9.17, 15) is 9.59 Å². The zero-order chi connectivity index (χ0) is 13.7. The van der Waals surface area contributed by atoms with Crippen molar-refractivity contribution in [3.63, 3.8) is 0 Å². The van der Waals surface area contributed by atoms with Crippen molar-refractivity contribution < 1.29 is 14.7 Å². The SMILES string of the molecule is BC(C)(/C=C/CC(C=O)CC(=O)O)C(C)(C)C. The third-order valence-electron chi connectivity index (χ3n) is 3.54. The Kier molecular flexibility index (Phi) is 5.66. The molecule has 0 radical (unpaired) electrons. The van der Waals surface area contributed by atoms with Gasteiger partial charge in [-0.1, -0.05) is 39.8 Å². The van der Waals surface area contributed by atoms with Crippen molar-refractivity contribution in [1.29, 1.82) is 0 Å². The first-order valence-electron chi connectivity index (χ1n) is 5.95. The highest BCUT2D eigenvalue weighted by molar-refractivity contribution is 6.16. The quantitative estimate of drug-likeness (QED) is 0.438. The van der Waals surface area contributed by atoms with Gasteiger partial charge in [-0.3, -0.25) is 4.79 Å². The number of carbonyl (C=O) groups excluding carboxylic acids is 1. The lowest BCUT2D eigenvalue weighted by Gasteiger charge is -2.36. The topological polar surface area (TPSA) is 54.4 Å². The molecule has 2 unspecified atom stereocenters. The minimum absolute atomic E-state index is 0.0175. The highest BCUT2D eigenvalue weighted by Crippen LogP contribution is 2.43. The van der Waals surface area contributed by atoms with Crippen LogP contribution in [0.4, 0.5) is 0 Å². The molecule has 0 fully saturated rings. The lowest BCUT2D eigenvalue weighted by Crippen LogP contribution is -2.24. The monoisotopic (exact) mass is 238 g/mol. The molecule has 96 valence electrons. The molecule has 0 aromatic rings. The van der Waals surface area contributed by atoms with Crippen molar-refractivity contribution in [2.45, 2.75) is 45.9 Å². The number of rotatable bonds is 6. The second-order valence-electron chi connectivity index (χ2n) is 6.10. The van der Waals surface area contributed by atoms with Gasteiger partial charge in [0.15, 0.2) is 0 Å². The average molecular weight is 238 g/mol. The second-order valence-corrected chi connectivity index (χ2v) is 6.10. The van der Waals surface area contributed by atoms with Gasteiger partial charge in [0.1, 0.15) is 14.1 Å². The summed E-state index contributed by atoms with van der Waals surface area (Å²) in [7, 11) is 2.14. The Morgan fingerprint density at radius 3 is 2.24 bits per heavy atom. The van der Waals surface area contributed by atoms with E-state index in [0.717, 1.165) is 6.29 Å². The van der Waals surface area contributed by atoms with Crippen molar-refractivity contribution in [1.82, 2.24) is 0 Å². The lowest BCUT2D eigenvalue weighted by molar-refractivity contribution is -0.139. The summed E-state index contributed by atoms with van der Waals surface area (Å²) in [5.74, 6) is -1.34. The first kappa shape index (κ1) is 15.9. The zero-order valence-corrected chi connectivity index (χ0v) is 11.5. The maximum absolute atomic E-state index is 10.7. The Morgan fingerprint density at radius 2 is 1.88 bits per heavy atom. The molecule has 0 saturated heterocycles. The Bertz CT molecular complexity index is 300. The fourth-order valence-electron chi connectivity index (χ4n) is 1.20. The van der Waals surface area contributed by atoms with Crippen LogP contribution in [-0.2, 0) is 9.59 Å². The summed E-state index contributed by atoms with van der Waals surface area (Å²) in [6.07, 6.45) is 5.13. The molecule has 17 heavy (non-hydrogen) atoms. The molecule has 0 aliphatic rings. The fraction of sp³-hybridized carbons (Fsp3) is 0.692. The highest BCUT2D eigenvalue weighted by atomic mass is 16.4. The maximum atomic E-state index is 10.7. The van der Waals surface area contributed by atoms with Crippen LogP contribution < -0.4 is 0 Å². The lowest BCUT2D eigenvalue weighted by atomic mass is 9.55. The molecule has 0 aromatic carbocycles. The molecule has 0 heterocycles. The van der Waals surface area contributed by atoms with Crippen LogP contribution >= 0.6 is 0 Å². The van der Waals surface area contributed by atoms with E-state index in [0.29, 0.717) is 6.42 Å². The van der Waals surface area contributed by atoms with Crippen LogP contribution in [-0.4, -0.2) is 25.2 Å². The molecular weight excluding hydrogens is 215 g/mol. The van der Waals surface area contributed by atoms with E-state index in [1.54, 1.807) is 0 Å². The van der Waals surface area contributed by atoms with Gasteiger partial charge < -0.3 is 9.90 Å². The van der Waals surface area contributed by atoms with Crippen molar-refractivity contribution in [3.8, 4) is 0 Å². The Hall–Kier alpha value is -1.06. The Morgan fingerprint density at radius 1 is 1.35 bits per heavy atom. The normalized spacial score (nSPS) is 17.6. The summed E-state index contributed by atoms with van der Waals surface area (Å²) in [5.41, 5.74) is 0.132. The molecule has 1 N–H and O–H groups in total. The van der Waals surface area contributed by atoms with Gasteiger partial charge in [-0.25, -0.2) is 0 Å². The smallest absolute Gasteiger partial charge is 0.304 e.